The topological polar surface area (TPSA) is 130 Å². The molecule has 1 aliphatic rings. The zero-order chi connectivity index (χ0) is 26.4. The average molecular weight is 491 g/mol. The van der Waals surface area contributed by atoms with E-state index in [2.05, 4.69) is 26.1 Å². The summed E-state index contributed by atoms with van der Waals surface area (Å²) in [5, 5.41) is 11.1. The normalized spacial score (nSPS) is 13.1. The zero-order valence-electron chi connectivity index (χ0n) is 21.2. The molecule has 1 heterocycles. The fourth-order valence-corrected chi connectivity index (χ4v) is 3.54. The Morgan fingerprint density at radius 1 is 1.06 bits per heavy atom. The summed E-state index contributed by atoms with van der Waals surface area (Å²) < 4.78 is 5.76. The van der Waals surface area contributed by atoms with Crippen LogP contribution < -0.4 is 10.1 Å². The number of unbranched alkanes of at least 4 members (excludes halogenated alkanes) is 4. The van der Waals surface area contributed by atoms with Crippen molar-refractivity contribution in [3.63, 3.8) is 0 Å². The number of aliphatic carboxylic acids is 1. The number of fused-ring (bicyclic) bond motifs is 1. The number of imide groups is 1. The van der Waals surface area contributed by atoms with Crippen LogP contribution in [0.15, 0.2) is 18.2 Å². The quantitative estimate of drug-likeness (QED) is 0.230. The predicted molar refractivity (Wildman–Crippen MR) is 131 cm³/mol. The summed E-state index contributed by atoms with van der Waals surface area (Å²) in [6.45, 7) is 6.85. The van der Waals surface area contributed by atoms with Gasteiger partial charge >= 0.3 is 5.97 Å². The minimum absolute atomic E-state index is 0.0430. The highest BCUT2D eigenvalue weighted by molar-refractivity contribution is 6.24. The van der Waals surface area contributed by atoms with Crippen molar-refractivity contribution in [2.24, 2.45) is 5.92 Å². The number of amides is 3. The molecule has 2 N–H and O–H groups in total. The number of benzene rings is 1. The molecule has 0 radical (unpaired) electrons. The van der Waals surface area contributed by atoms with Gasteiger partial charge in [-0.3, -0.25) is 24.1 Å². The minimum atomic E-state index is -1.07. The molecule has 9 nitrogen and oxygen atoms in total. The highest BCUT2D eigenvalue weighted by Crippen LogP contribution is 2.33. The maximum Gasteiger partial charge on any atom is 0.303 e. The number of carbonyl (C=O) groups is 5. The first kappa shape index (κ1) is 29.8. The van der Waals surface area contributed by atoms with E-state index in [1.54, 1.807) is 12.1 Å². The number of hydrogen-bond acceptors (Lipinski definition) is 6. The summed E-state index contributed by atoms with van der Waals surface area (Å²) in [7, 11) is 1.41. The lowest BCUT2D eigenvalue weighted by atomic mass is 10.1. The molecule has 0 bridgehead atoms. The third-order valence-electron chi connectivity index (χ3n) is 5.12. The molecule has 3 amide bonds. The number of likely N-dealkylation sites (N-methyl/N-ethyl adjacent to an activating group) is 1. The molecule has 0 aliphatic carbocycles. The molecule has 2 rings (SSSR count). The number of carboxylic acid groups (broad SMARTS) is 1. The van der Waals surface area contributed by atoms with E-state index in [4.69, 9.17) is 9.84 Å². The maximum absolute atomic E-state index is 13.0. The number of aldehydes is 1. The first-order chi connectivity index (χ1) is 16.6. The van der Waals surface area contributed by atoms with E-state index in [1.807, 2.05) is 0 Å². The maximum atomic E-state index is 13.0. The number of ether oxygens (including phenoxy) is 1. The van der Waals surface area contributed by atoms with Crippen molar-refractivity contribution in [3.8, 4) is 5.75 Å². The van der Waals surface area contributed by atoms with E-state index >= 15 is 0 Å². The van der Waals surface area contributed by atoms with Crippen molar-refractivity contribution in [1.82, 2.24) is 10.2 Å². The van der Waals surface area contributed by atoms with E-state index in [1.165, 1.54) is 13.1 Å². The Hall–Kier alpha value is -3.23. The number of nitrogens with one attached hydrogen (secondary N) is 1. The molecule has 0 spiro atoms. The standard InChI is InChI=1S/C22H28N2O7.C4H10/c1-23-20(28)16(10-8-13-25)24-21(29)15-9-7-11-17(19(15)22(24)30)31-14-6-4-2-3-5-12-18(26)27;1-4(2)3/h7,9,11,13,16H,2-6,8,10,12,14H2,1H3,(H,23,28)(H,26,27);4H,1-3H3. The van der Waals surface area contributed by atoms with Gasteiger partial charge in [-0.15, -0.1) is 0 Å². The monoisotopic (exact) mass is 490 g/mol. The fraction of sp³-hybridized carbons (Fsp3) is 0.577. The molecule has 1 atom stereocenters. The molecular weight excluding hydrogens is 452 g/mol. The van der Waals surface area contributed by atoms with Crippen LogP contribution in [-0.4, -0.2) is 59.7 Å². The van der Waals surface area contributed by atoms with Gasteiger partial charge in [0.05, 0.1) is 17.7 Å². The molecule has 0 saturated carbocycles. The summed E-state index contributed by atoms with van der Waals surface area (Å²) >= 11 is 0. The molecule has 1 unspecified atom stereocenters. The van der Waals surface area contributed by atoms with Gasteiger partial charge in [0, 0.05) is 19.9 Å². The molecule has 0 fully saturated rings. The van der Waals surface area contributed by atoms with Gasteiger partial charge < -0.3 is 20.0 Å². The highest BCUT2D eigenvalue weighted by atomic mass is 16.5. The Kier molecular flexibility index (Phi) is 13.3. The number of nitrogens with zero attached hydrogens (tertiary/aromatic N) is 1. The molecule has 1 aliphatic heterocycles. The van der Waals surface area contributed by atoms with Crippen LogP contribution in [0.4, 0.5) is 0 Å². The molecule has 1 aromatic rings. The van der Waals surface area contributed by atoms with Gasteiger partial charge in [-0.1, -0.05) is 46.1 Å². The summed E-state index contributed by atoms with van der Waals surface area (Å²) in [5.41, 5.74) is 0.310. The Morgan fingerprint density at radius 2 is 1.69 bits per heavy atom. The van der Waals surface area contributed by atoms with E-state index in [9.17, 15) is 24.0 Å². The molecule has 0 saturated heterocycles. The number of carbonyl (C=O) groups excluding carboxylic acids is 4. The van der Waals surface area contributed by atoms with Crippen LogP contribution in [0.3, 0.4) is 0 Å². The summed E-state index contributed by atoms with van der Waals surface area (Å²) in [5.74, 6) is -1.37. The fourth-order valence-electron chi connectivity index (χ4n) is 3.54. The predicted octanol–water partition coefficient (Wildman–Crippen LogP) is 3.84. The SMILES string of the molecule is CC(C)C.CNC(=O)C(CCC=O)N1C(=O)c2cccc(OCCCCCCCC(=O)O)c2C1=O. The van der Waals surface area contributed by atoms with Crippen LogP contribution >= 0.6 is 0 Å². The molecule has 194 valence electrons. The van der Waals surface area contributed by atoms with E-state index in [-0.39, 0.29) is 36.1 Å². The zero-order valence-corrected chi connectivity index (χ0v) is 21.2. The van der Waals surface area contributed by atoms with Crippen molar-refractivity contribution in [3.05, 3.63) is 29.3 Å². The summed E-state index contributed by atoms with van der Waals surface area (Å²) in [4.78, 5) is 60.3. The Morgan fingerprint density at radius 3 is 2.29 bits per heavy atom. The Balaban J connectivity index is 0.00000142. The third kappa shape index (κ3) is 9.50. The van der Waals surface area contributed by atoms with Crippen LogP contribution in [0.5, 0.6) is 5.75 Å². The number of hydrogen-bond donors (Lipinski definition) is 2. The lowest BCUT2D eigenvalue weighted by molar-refractivity contribution is -0.137. The van der Waals surface area contributed by atoms with Crippen molar-refractivity contribution in [2.75, 3.05) is 13.7 Å². The van der Waals surface area contributed by atoms with Gasteiger partial charge in [-0.05, 0) is 37.3 Å². The molecule has 35 heavy (non-hydrogen) atoms. The summed E-state index contributed by atoms with van der Waals surface area (Å²) in [6, 6.07) is 3.68. The van der Waals surface area contributed by atoms with Gasteiger partial charge in [-0.2, -0.15) is 0 Å². The van der Waals surface area contributed by atoms with Crippen molar-refractivity contribution in [1.29, 1.82) is 0 Å². The number of rotatable bonds is 14. The van der Waals surface area contributed by atoms with Gasteiger partial charge in [0.25, 0.3) is 11.8 Å². The molecule has 1 aromatic carbocycles. The van der Waals surface area contributed by atoms with Crippen LogP contribution in [0.2, 0.25) is 0 Å². The van der Waals surface area contributed by atoms with Crippen LogP contribution in [0.1, 0.15) is 92.9 Å². The second-order valence-electron chi connectivity index (χ2n) is 9.03. The van der Waals surface area contributed by atoms with Crippen molar-refractivity contribution >= 4 is 30.0 Å². The van der Waals surface area contributed by atoms with Crippen LogP contribution in [-0.2, 0) is 14.4 Å². The average Bonchev–Trinajstić information content (AvgIpc) is 3.06. The van der Waals surface area contributed by atoms with Gasteiger partial charge in [0.15, 0.2) is 0 Å². The van der Waals surface area contributed by atoms with Crippen LogP contribution in [0.25, 0.3) is 0 Å². The van der Waals surface area contributed by atoms with E-state index in [0.29, 0.717) is 19.3 Å². The van der Waals surface area contributed by atoms with E-state index < -0.39 is 29.7 Å². The van der Waals surface area contributed by atoms with Crippen molar-refractivity contribution in [2.45, 2.75) is 78.2 Å². The Labute approximate surface area is 207 Å². The first-order valence-electron chi connectivity index (χ1n) is 12.2. The Bertz CT molecular complexity index is 880. The smallest absolute Gasteiger partial charge is 0.303 e. The lowest BCUT2D eigenvalue weighted by Crippen LogP contribution is -2.48. The van der Waals surface area contributed by atoms with E-state index in [0.717, 1.165) is 36.5 Å². The molecular formula is C26H38N2O7. The van der Waals surface area contributed by atoms with Gasteiger partial charge in [0.1, 0.15) is 18.1 Å². The number of carboxylic acids is 1. The van der Waals surface area contributed by atoms with Gasteiger partial charge in [0.2, 0.25) is 5.91 Å². The highest BCUT2D eigenvalue weighted by Gasteiger charge is 2.44. The van der Waals surface area contributed by atoms with Crippen molar-refractivity contribution < 1.29 is 33.8 Å². The van der Waals surface area contributed by atoms with Gasteiger partial charge in [-0.25, -0.2) is 0 Å². The summed E-state index contributed by atoms with van der Waals surface area (Å²) in [6.07, 6.45) is 4.85. The lowest BCUT2D eigenvalue weighted by Gasteiger charge is -2.24. The first-order valence-corrected chi connectivity index (χ1v) is 12.2. The second kappa shape index (κ2) is 15.6. The minimum Gasteiger partial charge on any atom is -0.493 e. The third-order valence-corrected chi connectivity index (χ3v) is 5.12. The second-order valence-corrected chi connectivity index (χ2v) is 9.03. The molecule has 0 aromatic heterocycles. The van der Waals surface area contributed by atoms with Crippen LogP contribution in [0, 0.1) is 5.92 Å². The largest absolute Gasteiger partial charge is 0.493 e. The molecule has 9 heteroatoms.